The van der Waals surface area contributed by atoms with Gasteiger partial charge in [-0.25, -0.2) is 5.43 Å². The zero-order valence-corrected chi connectivity index (χ0v) is 15.7. The van der Waals surface area contributed by atoms with Crippen LogP contribution in [-0.2, 0) is 4.79 Å². The summed E-state index contributed by atoms with van der Waals surface area (Å²) >= 11 is 3.41. The van der Waals surface area contributed by atoms with E-state index >= 15 is 0 Å². The second kappa shape index (κ2) is 9.08. The number of para-hydroxylation sites is 1. The molecule has 2 aromatic rings. The van der Waals surface area contributed by atoms with Crippen LogP contribution < -0.4 is 19.6 Å². The van der Waals surface area contributed by atoms with E-state index < -0.39 is 6.10 Å². The summed E-state index contributed by atoms with van der Waals surface area (Å²) in [4.78, 5) is 12.0. The van der Waals surface area contributed by atoms with Gasteiger partial charge in [-0.1, -0.05) is 18.2 Å². The molecule has 1 amide bonds. The monoisotopic (exact) mass is 406 g/mol. The van der Waals surface area contributed by atoms with E-state index in [9.17, 15) is 4.79 Å². The topological polar surface area (TPSA) is 69.2 Å². The first-order valence-electron chi connectivity index (χ1n) is 7.51. The fraction of sp³-hybridized carbons (Fsp3) is 0.222. The number of carbonyl (C=O) groups is 1. The van der Waals surface area contributed by atoms with Crippen LogP contribution in [0.4, 0.5) is 0 Å². The quantitative estimate of drug-likeness (QED) is 0.565. The molecular weight excluding hydrogens is 388 g/mol. The minimum atomic E-state index is -0.670. The number of hydrogen-bond acceptors (Lipinski definition) is 5. The van der Waals surface area contributed by atoms with Crippen LogP contribution in [0.15, 0.2) is 52.0 Å². The minimum absolute atomic E-state index is 0.348. The summed E-state index contributed by atoms with van der Waals surface area (Å²) in [5.41, 5.74) is 3.19. The van der Waals surface area contributed by atoms with Gasteiger partial charge in [-0.15, -0.1) is 0 Å². The van der Waals surface area contributed by atoms with Gasteiger partial charge in [0.2, 0.25) is 0 Å². The molecule has 0 saturated heterocycles. The first kappa shape index (κ1) is 18.8. The number of benzene rings is 2. The smallest absolute Gasteiger partial charge is 0.280 e. The fourth-order valence-corrected chi connectivity index (χ4v) is 2.65. The van der Waals surface area contributed by atoms with Crippen LogP contribution in [0.25, 0.3) is 0 Å². The Labute approximate surface area is 154 Å². The Morgan fingerprint density at radius 3 is 2.56 bits per heavy atom. The Bertz CT molecular complexity index is 750. The summed E-state index contributed by atoms with van der Waals surface area (Å²) in [7, 11) is 3.11. The van der Waals surface area contributed by atoms with Crippen molar-refractivity contribution >= 4 is 28.1 Å². The van der Waals surface area contributed by atoms with Crippen molar-refractivity contribution in [2.45, 2.75) is 13.0 Å². The highest BCUT2D eigenvalue weighted by molar-refractivity contribution is 9.10. The number of carbonyl (C=O) groups excluding carboxylic acids is 1. The Balaban J connectivity index is 1.98. The van der Waals surface area contributed by atoms with E-state index in [1.807, 2.05) is 18.2 Å². The van der Waals surface area contributed by atoms with Crippen molar-refractivity contribution in [3.63, 3.8) is 0 Å². The van der Waals surface area contributed by atoms with E-state index in [0.29, 0.717) is 17.2 Å². The predicted molar refractivity (Wildman–Crippen MR) is 99.5 cm³/mol. The van der Waals surface area contributed by atoms with E-state index in [2.05, 4.69) is 26.5 Å². The summed E-state index contributed by atoms with van der Waals surface area (Å²) in [6.07, 6.45) is 0.844. The van der Waals surface area contributed by atoms with Gasteiger partial charge in [0.25, 0.3) is 5.91 Å². The molecule has 7 heteroatoms. The summed E-state index contributed by atoms with van der Waals surface area (Å²) in [5, 5.41) is 3.95. The molecule has 0 radical (unpaired) electrons. The number of rotatable bonds is 7. The van der Waals surface area contributed by atoms with Gasteiger partial charge in [0.1, 0.15) is 5.75 Å². The van der Waals surface area contributed by atoms with Crippen molar-refractivity contribution in [1.82, 2.24) is 5.43 Å². The average molecular weight is 407 g/mol. The lowest BCUT2D eigenvalue weighted by Crippen LogP contribution is -2.33. The molecular formula is C18H19BrN2O4. The van der Waals surface area contributed by atoms with Gasteiger partial charge in [-0.3, -0.25) is 4.79 Å². The van der Waals surface area contributed by atoms with Crippen LogP contribution in [0.2, 0.25) is 0 Å². The van der Waals surface area contributed by atoms with E-state index in [4.69, 9.17) is 14.2 Å². The maximum Gasteiger partial charge on any atom is 0.280 e. The highest BCUT2D eigenvalue weighted by atomic mass is 79.9. The van der Waals surface area contributed by atoms with Gasteiger partial charge in [-0.2, -0.15) is 5.10 Å². The summed E-state index contributed by atoms with van der Waals surface area (Å²) < 4.78 is 16.8. The zero-order chi connectivity index (χ0) is 18.2. The molecule has 1 atom stereocenters. The zero-order valence-electron chi connectivity index (χ0n) is 14.2. The highest BCUT2D eigenvalue weighted by Gasteiger charge is 2.14. The third-order valence-electron chi connectivity index (χ3n) is 3.27. The number of nitrogens with one attached hydrogen (secondary N) is 1. The first-order valence-corrected chi connectivity index (χ1v) is 8.30. The molecule has 2 rings (SSSR count). The van der Waals surface area contributed by atoms with Gasteiger partial charge in [-0.05, 0) is 52.7 Å². The molecule has 132 valence electrons. The van der Waals surface area contributed by atoms with Crippen molar-refractivity contribution in [2.24, 2.45) is 5.10 Å². The van der Waals surface area contributed by atoms with Crippen LogP contribution >= 0.6 is 15.9 Å². The third kappa shape index (κ3) is 5.22. The van der Waals surface area contributed by atoms with Gasteiger partial charge in [0.05, 0.1) is 24.9 Å². The fourth-order valence-electron chi connectivity index (χ4n) is 2.03. The second-order valence-electron chi connectivity index (χ2n) is 5.05. The molecule has 6 nitrogen and oxygen atoms in total. The third-order valence-corrected chi connectivity index (χ3v) is 3.86. The highest BCUT2D eigenvalue weighted by Crippen LogP contribution is 2.35. The van der Waals surface area contributed by atoms with E-state index in [0.717, 1.165) is 10.0 Å². The normalized spacial score (nSPS) is 11.8. The van der Waals surface area contributed by atoms with Crippen LogP contribution in [-0.4, -0.2) is 32.4 Å². The Morgan fingerprint density at radius 2 is 1.92 bits per heavy atom. The van der Waals surface area contributed by atoms with Crippen LogP contribution in [0.1, 0.15) is 12.5 Å². The molecule has 0 aliphatic heterocycles. The lowest BCUT2D eigenvalue weighted by atomic mass is 10.2. The maximum absolute atomic E-state index is 12.0. The van der Waals surface area contributed by atoms with Crippen LogP contribution in [0.5, 0.6) is 17.2 Å². The van der Waals surface area contributed by atoms with Gasteiger partial charge < -0.3 is 14.2 Å². The number of methoxy groups -OCH3 is 2. The molecule has 0 saturated carbocycles. The lowest BCUT2D eigenvalue weighted by Gasteiger charge is -2.12. The van der Waals surface area contributed by atoms with Crippen LogP contribution in [0, 0.1) is 0 Å². The van der Waals surface area contributed by atoms with Crippen molar-refractivity contribution in [1.29, 1.82) is 0 Å². The second-order valence-corrected chi connectivity index (χ2v) is 5.90. The first-order chi connectivity index (χ1) is 12.0. The number of amides is 1. The molecule has 0 spiro atoms. The lowest BCUT2D eigenvalue weighted by molar-refractivity contribution is -0.127. The summed E-state index contributed by atoms with van der Waals surface area (Å²) in [6, 6.07) is 12.7. The molecule has 0 fully saturated rings. The summed E-state index contributed by atoms with van der Waals surface area (Å²) in [6.45, 7) is 1.66. The van der Waals surface area contributed by atoms with Crippen molar-refractivity contribution < 1.29 is 19.0 Å². The molecule has 0 aromatic heterocycles. The van der Waals surface area contributed by atoms with E-state index in [1.165, 1.54) is 6.21 Å². The molecule has 0 aliphatic carbocycles. The minimum Gasteiger partial charge on any atom is -0.493 e. The Hall–Kier alpha value is -2.54. The molecule has 0 bridgehead atoms. The van der Waals surface area contributed by atoms with E-state index in [-0.39, 0.29) is 5.91 Å². The number of halogens is 1. The molecule has 2 aromatic carbocycles. The molecule has 25 heavy (non-hydrogen) atoms. The molecule has 0 heterocycles. The number of ether oxygens (including phenoxy) is 3. The van der Waals surface area contributed by atoms with Gasteiger partial charge in [0, 0.05) is 0 Å². The van der Waals surface area contributed by atoms with Gasteiger partial charge in [0.15, 0.2) is 17.6 Å². The van der Waals surface area contributed by atoms with Crippen molar-refractivity contribution in [3.05, 3.63) is 52.5 Å². The largest absolute Gasteiger partial charge is 0.493 e. The van der Waals surface area contributed by atoms with Crippen molar-refractivity contribution in [2.75, 3.05) is 14.2 Å². The number of hydrogen-bond donors (Lipinski definition) is 1. The maximum atomic E-state index is 12.0. The number of hydrazone groups is 1. The molecule has 0 unspecified atom stereocenters. The Kier molecular flexibility index (Phi) is 6.82. The summed E-state index contributed by atoms with van der Waals surface area (Å²) in [5.74, 6) is 1.43. The van der Waals surface area contributed by atoms with Gasteiger partial charge >= 0.3 is 0 Å². The standard InChI is InChI=1S/C18H19BrN2O4/c1-12(25-14-7-5-4-6-8-14)18(22)21-20-11-13-9-15(19)17(24-3)16(10-13)23-2/h4-12H,1-3H3,(H,21,22)/b20-11-/t12-/m0/s1. The molecule has 0 aliphatic rings. The predicted octanol–water partition coefficient (Wildman–Crippen LogP) is 3.38. The van der Waals surface area contributed by atoms with Crippen LogP contribution in [0.3, 0.4) is 0 Å². The average Bonchev–Trinajstić information content (AvgIpc) is 2.61. The van der Waals surface area contributed by atoms with E-state index in [1.54, 1.807) is 45.4 Å². The number of nitrogens with zero attached hydrogens (tertiary/aromatic N) is 1. The SMILES string of the molecule is COc1cc(/C=N\NC(=O)[C@H](C)Oc2ccccc2)cc(Br)c1OC. The molecule has 1 N–H and O–H groups in total. The van der Waals surface area contributed by atoms with Crippen molar-refractivity contribution in [3.8, 4) is 17.2 Å². The Morgan fingerprint density at radius 1 is 1.20 bits per heavy atom.